The molecule has 11 nitrogen and oxygen atoms in total. The van der Waals surface area contributed by atoms with Gasteiger partial charge in [-0.05, 0) is 40.0 Å². The Labute approximate surface area is 205 Å². The highest BCUT2D eigenvalue weighted by Crippen LogP contribution is 2.47. The average Bonchev–Trinajstić information content (AvgIpc) is 3.45. The van der Waals surface area contributed by atoms with Gasteiger partial charge in [-0.15, -0.1) is 10.2 Å². The minimum absolute atomic E-state index is 0.0136. The van der Waals surface area contributed by atoms with Crippen LogP contribution in [0.25, 0.3) is 0 Å². The second-order valence-electron chi connectivity index (χ2n) is 8.64. The molecule has 0 unspecified atom stereocenters. The van der Waals surface area contributed by atoms with Crippen LogP contribution in [0.1, 0.15) is 70.8 Å². The smallest absolute Gasteiger partial charge is 0.240 e. The molecule has 1 aliphatic carbocycles. The van der Waals surface area contributed by atoms with Gasteiger partial charge in [0.25, 0.3) is 0 Å². The molecule has 3 rings (SSSR count). The lowest BCUT2D eigenvalue weighted by Crippen LogP contribution is -2.35. The van der Waals surface area contributed by atoms with E-state index in [2.05, 4.69) is 24.9 Å². The summed E-state index contributed by atoms with van der Waals surface area (Å²) in [6.45, 7) is 7.82. The Bertz CT molecular complexity index is 1060. The predicted octanol–water partition coefficient (Wildman–Crippen LogP) is 3.25. The van der Waals surface area contributed by atoms with E-state index in [0.717, 1.165) is 19.3 Å². The molecule has 1 N–H and O–H groups in total. The van der Waals surface area contributed by atoms with E-state index in [4.69, 9.17) is 25.8 Å². The largest absolute Gasteiger partial charge is 0.382 e. The highest BCUT2D eigenvalue weighted by molar-refractivity contribution is 7.93. The quantitative estimate of drug-likeness (QED) is 0.426. The summed E-state index contributed by atoms with van der Waals surface area (Å²) >= 11 is 5.86. The van der Waals surface area contributed by atoms with Crippen LogP contribution < -0.4 is 4.72 Å². The van der Waals surface area contributed by atoms with Crippen LogP contribution in [0.2, 0.25) is 5.02 Å². The van der Waals surface area contributed by atoms with Crippen molar-refractivity contribution in [2.45, 2.75) is 76.1 Å². The highest BCUT2D eigenvalue weighted by Gasteiger charge is 2.49. The van der Waals surface area contributed by atoms with E-state index < -0.39 is 26.9 Å². The van der Waals surface area contributed by atoms with Crippen LogP contribution in [0.3, 0.4) is 0 Å². The van der Waals surface area contributed by atoms with Crippen molar-refractivity contribution in [3.05, 3.63) is 29.1 Å². The summed E-state index contributed by atoms with van der Waals surface area (Å²) in [5, 5.41) is 7.80. The fourth-order valence-electron chi connectivity index (χ4n) is 3.80. The van der Waals surface area contributed by atoms with Gasteiger partial charge in [0.15, 0.2) is 11.6 Å². The first-order chi connectivity index (χ1) is 16.1. The number of rotatable bonds is 13. The molecular formula is C21H33ClN6O5S. The van der Waals surface area contributed by atoms with Crippen molar-refractivity contribution in [2.24, 2.45) is 0 Å². The van der Waals surface area contributed by atoms with Crippen LogP contribution in [0.5, 0.6) is 0 Å². The van der Waals surface area contributed by atoms with Gasteiger partial charge in [-0.1, -0.05) is 18.5 Å². The molecule has 0 radical (unpaired) electrons. The number of halogens is 1. The fraction of sp³-hybridized carbons (Fsp3) is 0.714. The molecule has 0 saturated heterocycles. The number of hydrogen-bond acceptors (Lipinski definition) is 9. The van der Waals surface area contributed by atoms with Crippen molar-refractivity contribution in [3.63, 3.8) is 0 Å². The standard InChI is InChI=1S/C21H33ClN6O5S/c1-7-13(2)33-14(3)19-25-26-20(28(19)21(8-9-21)12-31-5)27-34(29,30)15(4)17(32-6)18-23-10-16(22)11-24-18/h10-11,13-15,17H,7-9,12H2,1-6H3,(H,26,27)/t13-,14-,15+,17+/m1/s1. The van der Waals surface area contributed by atoms with Gasteiger partial charge in [0.05, 0.1) is 23.3 Å². The Morgan fingerprint density at radius 2 is 1.82 bits per heavy atom. The maximum Gasteiger partial charge on any atom is 0.240 e. The van der Waals surface area contributed by atoms with Crippen LogP contribution in [0, 0.1) is 0 Å². The third-order valence-corrected chi connectivity index (χ3v) is 7.96. The minimum Gasteiger partial charge on any atom is -0.382 e. The molecule has 2 aromatic heterocycles. The van der Waals surface area contributed by atoms with Gasteiger partial charge in [-0.2, -0.15) is 0 Å². The molecule has 0 amide bonds. The van der Waals surface area contributed by atoms with Gasteiger partial charge in [0, 0.05) is 26.6 Å². The molecule has 1 aliphatic rings. The monoisotopic (exact) mass is 516 g/mol. The Kier molecular flexibility index (Phi) is 8.51. The molecule has 1 saturated carbocycles. The Morgan fingerprint density at radius 1 is 1.18 bits per heavy atom. The van der Waals surface area contributed by atoms with Gasteiger partial charge in [0.1, 0.15) is 17.5 Å². The van der Waals surface area contributed by atoms with Crippen LogP contribution in [-0.4, -0.2) is 65.3 Å². The van der Waals surface area contributed by atoms with E-state index in [-0.39, 0.29) is 24.0 Å². The molecule has 4 atom stereocenters. The summed E-state index contributed by atoms with van der Waals surface area (Å²) in [5.74, 6) is 0.868. The van der Waals surface area contributed by atoms with E-state index in [1.165, 1.54) is 26.4 Å². The summed E-state index contributed by atoms with van der Waals surface area (Å²) in [5.41, 5.74) is -0.429. The summed E-state index contributed by atoms with van der Waals surface area (Å²) in [6.07, 6.45) is 3.95. The van der Waals surface area contributed by atoms with Crippen LogP contribution >= 0.6 is 11.6 Å². The zero-order valence-electron chi connectivity index (χ0n) is 20.4. The number of nitrogens with zero attached hydrogens (tertiary/aromatic N) is 5. The normalized spacial score (nSPS) is 18.8. The topological polar surface area (TPSA) is 130 Å². The van der Waals surface area contributed by atoms with E-state index >= 15 is 0 Å². The highest BCUT2D eigenvalue weighted by atomic mass is 35.5. The Morgan fingerprint density at radius 3 is 2.35 bits per heavy atom. The molecule has 190 valence electrons. The molecule has 0 spiro atoms. The summed E-state index contributed by atoms with van der Waals surface area (Å²) in [6, 6.07) is 0. The van der Waals surface area contributed by atoms with Gasteiger partial charge < -0.3 is 14.2 Å². The number of ether oxygens (including phenoxy) is 3. The SMILES string of the molecule is CC[C@@H](C)O[C@H](C)c1nnc(NS(=O)(=O)[C@@H](C)[C@H](OC)c2ncc(Cl)cn2)n1C1(COC)CC1. The first kappa shape index (κ1) is 26.7. The lowest BCUT2D eigenvalue weighted by atomic mass is 10.2. The van der Waals surface area contributed by atoms with E-state index in [0.29, 0.717) is 17.5 Å². The first-order valence-corrected chi connectivity index (χ1v) is 13.1. The van der Waals surface area contributed by atoms with E-state index in [1.807, 2.05) is 25.3 Å². The number of hydrogen-bond donors (Lipinski definition) is 1. The summed E-state index contributed by atoms with van der Waals surface area (Å²) in [7, 11) is -0.967. The number of methoxy groups -OCH3 is 2. The number of nitrogens with one attached hydrogen (secondary N) is 1. The second-order valence-corrected chi connectivity index (χ2v) is 11.1. The first-order valence-electron chi connectivity index (χ1n) is 11.2. The third kappa shape index (κ3) is 5.68. The van der Waals surface area contributed by atoms with E-state index in [9.17, 15) is 8.42 Å². The average molecular weight is 517 g/mol. The minimum atomic E-state index is -3.99. The Hall–Kier alpha value is -1.86. The van der Waals surface area contributed by atoms with Crippen molar-refractivity contribution >= 4 is 27.6 Å². The van der Waals surface area contributed by atoms with Crippen LogP contribution in [0.4, 0.5) is 5.95 Å². The van der Waals surface area contributed by atoms with Gasteiger partial charge in [-0.25, -0.2) is 18.4 Å². The molecule has 0 aromatic carbocycles. The molecule has 2 heterocycles. The van der Waals surface area contributed by atoms with Crippen molar-refractivity contribution < 1.29 is 22.6 Å². The van der Waals surface area contributed by atoms with Crippen molar-refractivity contribution in [1.29, 1.82) is 0 Å². The van der Waals surface area contributed by atoms with Crippen molar-refractivity contribution in [2.75, 3.05) is 25.5 Å². The zero-order valence-corrected chi connectivity index (χ0v) is 21.9. The summed E-state index contributed by atoms with van der Waals surface area (Å²) < 4.78 is 48.1. The maximum atomic E-state index is 13.4. The van der Waals surface area contributed by atoms with Crippen LogP contribution in [0.15, 0.2) is 12.4 Å². The van der Waals surface area contributed by atoms with Gasteiger partial charge >= 0.3 is 0 Å². The van der Waals surface area contributed by atoms with Gasteiger partial charge in [-0.3, -0.25) is 9.29 Å². The third-order valence-electron chi connectivity index (χ3n) is 6.08. The van der Waals surface area contributed by atoms with Crippen molar-refractivity contribution in [3.8, 4) is 0 Å². The summed E-state index contributed by atoms with van der Waals surface area (Å²) in [4.78, 5) is 8.24. The fourth-order valence-corrected chi connectivity index (χ4v) is 5.03. The second kappa shape index (κ2) is 10.8. The maximum absolute atomic E-state index is 13.4. The molecule has 0 bridgehead atoms. The van der Waals surface area contributed by atoms with Crippen LogP contribution in [-0.2, 0) is 29.8 Å². The molecular weight excluding hydrogens is 484 g/mol. The molecule has 13 heteroatoms. The molecule has 2 aromatic rings. The molecule has 1 fully saturated rings. The zero-order chi connectivity index (χ0) is 25.1. The number of sulfonamides is 1. The predicted molar refractivity (Wildman–Crippen MR) is 127 cm³/mol. The lowest BCUT2D eigenvalue weighted by Gasteiger charge is -2.26. The number of aromatic nitrogens is 5. The van der Waals surface area contributed by atoms with Crippen molar-refractivity contribution in [1.82, 2.24) is 24.7 Å². The number of anilines is 1. The lowest BCUT2D eigenvalue weighted by molar-refractivity contribution is -0.00323. The Balaban J connectivity index is 1.93. The van der Waals surface area contributed by atoms with Gasteiger partial charge in [0.2, 0.25) is 16.0 Å². The molecule has 0 aliphatic heterocycles. The molecule has 34 heavy (non-hydrogen) atoms. The van der Waals surface area contributed by atoms with E-state index in [1.54, 1.807) is 7.11 Å².